The van der Waals surface area contributed by atoms with E-state index in [1.54, 1.807) is 30.0 Å². The lowest BCUT2D eigenvalue weighted by Crippen LogP contribution is -2.49. The van der Waals surface area contributed by atoms with Gasteiger partial charge in [-0.15, -0.1) is 11.8 Å². The number of carbonyl (C=O) groups is 2. The van der Waals surface area contributed by atoms with Gasteiger partial charge in [-0.25, -0.2) is 4.39 Å². The number of benzene rings is 2. The van der Waals surface area contributed by atoms with Crippen molar-refractivity contribution in [3.63, 3.8) is 0 Å². The van der Waals surface area contributed by atoms with E-state index < -0.39 is 6.04 Å². The molecule has 0 aliphatic heterocycles. The van der Waals surface area contributed by atoms with Crippen LogP contribution in [0.5, 0.6) is 0 Å². The molecular weight excluding hydrogens is 387 g/mol. The summed E-state index contributed by atoms with van der Waals surface area (Å²) in [5.74, 6) is -0.00369. The number of amides is 2. The molecule has 2 amide bonds. The molecule has 156 valence electrons. The Morgan fingerprint density at radius 3 is 2.48 bits per heavy atom. The highest BCUT2D eigenvalue weighted by Crippen LogP contribution is 2.18. The summed E-state index contributed by atoms with van der Waals surface area (Å²) in [5, 5.41) is 2.88. The first-order valence-corrected chi connectivity index (χ1v) is 10.9. The second-order valence-corrected chi connectivity index (χ2v) is 8.42. The van der Waals surface area contributed by atoms with E-state index >= 15 is 0 Å². The Labute approximate surface area is 176 Å². The largest absolute Gasteiger partial charge is 0.352 e. The van der Waals surface area contributed by atoms with E-state index in [2.05, 4.69) is 5.32 Å². The van der Waals surface area contributed by atoms with E-state index in [0.717, 1.165) is 11.1 Å². The summed E-state index contributed by atoms with van der Waals surface area (Å²) >= 11 is 1.35. The highest BCUT2D eigenvalue weighted by atomic mass is 32.2. The molecule has 2 aromatic rings. The molecule has 0 saturated heterocycles. The number of nitrogens with zero attached hydrogens (tertiary/aromatic N) is 1. The zero-order valence-corrected chi connectivity index (χ0v) is 18.3. The summed E-state index contributed by atoms with van der Waals surface area (Å²) in [6.07, 6.45) is 0. The number of thioether (sulfide) groups is 1. The Morgan fingerprint density at radius 2 is 1.83 bits per heavy atom. The third-order valence-electron chi connectivity index (χ3n) is 4.47. The van der Waals surface area contributed by atoms with Gasteiger partial charge in [0.15, 0.2) is 0 Å². The molecule has 6 heteroatoms. The molecule has 29 heavy (non-hydrogen) atoms. The minimum Gasteiger partial charge on any atom is -0.352 e. The van der Waals surface area contributed by atoms with Crippen LogP contribution in [0.15, 0.2) is 48.5 Å². The molecule has 0 saturated carbocycles. The molecule has 0 bridgehead atoms. The molecule has 0 aromatic heterocycles. The molecule has 0 aliphatic carbocycles. The summed E-state index contributed by atoms with van der Waals surface area (Å²) in [4.78, 5) is 27.1. The van der Waals surface area contributed by atoms with Gasteiger partial charge in [-0.2, -0.15) is 0 Å². The quantitative estimate of drug-likeness (QED) is 0.663. The highest BCUT2D eigenvalue weighted by molar-refractivity contribution is 7.99. The molecule has 2 rings (SSSR count). The van der Waals surface area contributed by atoms with Gasteiger partial charge in [0.05, 0.1) is 5.75 Å². The summed E-state index contributed by atoms with van der Waals surface area (Å²) in [6, 6.07) is 13.9. The smallest absolute Gasteiger partial charge is 0.242 e. The second kappa shape index (κ2) is 11.0. The van der Waals surface area contributed by atoms with E-state index in [9.17, 15) is 14.0 Å². The van der Waals surface area contributed by atoms with Crippen LogP contribution in [0.25, 0.3) is 0 Å². The number of rotatable bonds is 9. The molecule has 0 aliphatic rings. The Hall–Kier alpha value is -2.34. The first kappa shape index (κ1) is 22.9. The minimum atomic E-state index is -0.598. The zero-order valence-electron chi connectivity index (χ0n) is 17.4. The Bertz CT molecular complexity index is 841. The highest BCUT2D eigenvalue weighted by Gasteiger charge is 2.26. The van der Waals surface area contributed by atoms with Gasteiger partial charge in [-0.3, -0.25) is 9.59 Å². The van der Waals surface area contributed by atoms with E-state index in [4.69, 9.17) is 0 Å². The predicted octanol–water partition coefficient (Wildman–Crippen LogP) is 4.31. The van der Waals surface area contributed by atoms with E-state index in [1.165, 1.54) is 17.8 Å². The zero-order chi connectivity index (χ0) is 21.4. The predicted molar refractivity (Wildman–Crippen MR) is 117 cm³/mol. The maximum atomic E-state index is 13.8. The van der Waals surface area contributed by atoms with Crippen LogP contribution in [0.1, 0.15) is 37.5 Å². The first-order valence-electron chi connectivity index (χ1n) is 9.74. The van der Waals surface area contributed by atoms with Crippen molar-refractivity contribution in [3.05, 3.63) is 71.0 Å². The van der Waals surface area contributed by atoms with Crippen molar-refractivity contribution in [2.75, 3.05) is 5.75 Å². The van der Waals surface area contributed by atoms with Crippen molar-refractivity contribution in [1.82, 2.24) is 10.2 Å². The lowest BCUT2D eigenvalue weighted by atomic mass is 10.1. The normalized spacial score (nSPS) is 11.9. The molecule has 0 radical (unpaired) electrons. The van der Waals surface area contributed by atoms with Gasteiger partial charge in [0.25, 0.3) is 0 Å². The molecule has 0 fully saturated rings. The van der Waals surface area contributed by atoms with Crippen LogP contribution >= 0.6 is 11.8 Å². The number of hydrogen-bond acceptors (Lipinski definition) is 3. The fraction of sp³-hybridized carbons (Fsp3) is 0.391. The molecular formula is C23H29FN2O2S. The van der Waals surface area contributed by atoms with Gasteiger partial charge in [0, 0.05) is 18.3 Å². The van der Waals surface area contributed by atoms with Crippen LogP contribution in [-0.4, -0.2) is 34.6 Å². The molecule has 0 heterocycles. The Kier molecular flexibility index (Phi) is 8.70. The SMILES string of the molecule is Cc1cccc(CN(C(=O)CSCc2ccccc2F)[C@@H](C)C(=O)NC(C)C)c1. The fourth-order valence-electron chi connectivity index (χ4n) is 2.94. The number of halogens is 1. The lowest BCUT2D eigenvalue weighted by Gasteiger charge is -2.29. The van der Waals surface area contributed by atoms with Gasteiger partial charge in [0.2, 0.25) is 11.8 Å². The average Bonchev–Trinajstić information content (AvgIpc) is 2.66. The number of nitrogens with one attached hydrogen (secondary N) is 1. The Balaban J connectivity index is 2.09. The van der Waals surface area contributed by atoms with E-state index in [1.807, 2.05) is 45.0 Å². The third kappa shape index (κ3) is 7.20. The summed E-state index contributed by atoms with van der Waals surface area (Å²) in [5.41, 5.74) is 2.64. The molecule has 0 spiro atoms. The molecule has 1 atom stereocenters. The number of aryl methyl sites for hydroxylation is 1. The number of hydrogen-bond donors (Lipinski definition) is 1. The second-order valence-electron chi connectivity index (χ2n) is 7.43. The standard InChI is InChI=1S/C23H29FN2O2S/c1-16(2)25-23(28)18(4)26(13-19-9-7-8-17(3)12-19)22(27)15-29-14-20-10-5-6-11-21(20)24/h5-12,16,18H,13-15H2,1-4H3,(H,25,28)/t18-/m0/s1. The van der Waals surface area contributed by atoms with Crippen molar-refractivity contribution in [1.29, 1.82) is 0 Å². The van der Waals surface area contributed by atoms with Crippen LogP contribution in [-0.2, 0) is 21.9 Å². The molecule has 4 nitrogen and oxygen atoms in total. The van der Waals surface area contributed by atoms with Gasteiger partial charge in [-0.1, -0.05) is 48.0 Å². The van der Waals surface area contributed by atoms with E-state index in [-0.39, 0.29) is 29.4 Å². The van der Waals surface area contributed by atoms with Crippen molar-refractivity contribution in [2.24, 2.45) is 0 Å². The van der Waals surface area contributed by atoms with Crippen LogP contribution in [0.2, 0.25) is 0 Å². The van der Waals surface area contributed by atoms with E-state index in [0.29, 0.717) is 17.9 Å². The molecule has 2 aromatic carbocycles. The Morgan fingerprint density at radius 1 is 1.10 bits per heavy atom. The summed E-state index contributed by atoms with van der Waals surface area (Å²) in [6.45, 7) is 7.87. The topological polar surface area (TPSA) is 49.4 Å². The minimum absolute atomic E-state index is 0.00342. The van der Waals surface area contributed by atoms with Crippen molar-refractivity contribution in [2.45, 2.75) is 52.1 Å². The maximum Gasteiger partial charge on any atom is 0.242 e. The summed E-state index contributed by atoms with van der Waals surface area (Å²) in [7, 11) is 0. The first-order chi connectivity index (χ1) is 13.8. The van der Waals surface area contributed by atoms with Gasteiger partial charge < -0.3 is 10.2 Å². The average molecular weight is 417 g/mol. The number of carbonyl (C=O) groups excluding carboxylic acids is 2. The van der Waals surface area contributed by atoms with Crippen molar-refractivity contribution < 1.29 is 14.0 Å². The molecule has 1 N–H and O–H groups in total. The van der Waals surface area contributed by atoms with Gasteiger partial charge in [0.1, 0.15) is 11.9 Å². The summed E-state index contributed by atoms with van der Waals surface area (Å²) < 4.78 is 13.8. The third-order valence-corrected chi connectivity index (χ3v) is 5.44. The van der Waals surface area contributed by atoms with Gasteiger partial charge >= 0.3 is 0 Å². The van der Waals surface area contributed by atoms with Crippen LogP contribution in [0.4, 0.5) is 4.39 Å². The monoisotopic (exact) mass is 416 g/mol. The molecule has 0 unspecified atom stereocenters. The van der Waals surface area contributed by atoms with Gasteiger partial charge in [-0.05, 0) is 44.9 Å². The van der Waals surface area contributed by atoms with Crippen LogP contribution in [0, 0.1) is 12.7 Å². The lowest BCUT2D eigenvalue weighted by molar-refractivity contribution is -0.138. The van der Waals surface area contributed by atoms with Crippen molar-refractivity contribution >= 4 is 23.6 Å². The fourth-order valence-corrected chi connectivity index (χ4v) is 3.84. The van der Waals surface area contributed by atoms with Crippen LogP contribution in [0.3, 0.4) is 0 Å². The van der Waals surface area contributed by atoms with Crippen LogP contribution < -0.4 is 5.32 Å². The maximum absolute atomic E-state index is 13.8. The van der Waals surface area contributed by atoms with Crippen molar-refractivity contribution in [3.8, 4) is 0 Å².